The molecule has 1 unspecified atom stereocenters. The Bertz CT molecular complexity index is 780. The summed E-state index contributed by atoms with van der Waals surface area (Å²) in [5.41, 5.74) is 3.16. The number of nitrogens with zero attached hydrogens (tertiary/aromatic N) is 1. The number of carbonyl (C=O) groups is 1. The molecule has 0 spiro atoms. The zero-order valence-electron chi connectivity index (χ0n) is 16.2. The van der Waals surface area contributed by atoms with Crippen molar-refractivity contribution in [2.45, 2.75) is 25.8 Å². The second-order valence-electron chi connectivity index (χ2n) is 6.94. The Morgan fingerprint density at radius 3 is 2.48 bits per heavy atom. The normalized spacial score (nSPS) is 16.1. The van der Waals surface area contributed by atoms with E-state index < -0.39 is 0 Å². The van der Waals surface area contributed by atoms with Gasteiger partial charge >= 0.3 is 0 Å². The molecular formula is C23H28N2O2. The van der Waals surface area contributed by atoms with Crippen LogP contribution in [0.3, 0.4) is 0 Å². The molecule has 0 bridgehead atoms. The van der Waals surface area contributed by atoms with Gasteiger partial charge in [0.15, 0.2) is 0 Å². The third-order valence-corrected chi connectivity index (χ3v) is 5.13. The number of hydrogen-bond acceptors (Lipinski definition) is 3. The molecule has 1 amide bonds. The van der Waals surface area contributed by atoms with Crippen LogP contribution in [-0.4, -0.2) is 37.6 Å². The predicted molar refractivity (Wildman–Crippen MR) is 110 cm³/mol. The van der Waals surface area contributed by atoms with Crippen molar-refractivity contribution in [3.05, 3.63) is 71.8 Å². The van der Waals surface area contributed by atoms with Crippen LogP contribution in [-0.2, 0) is 4.79 Å². The Morgan fingerprint density at radius 2 is 1.78 bits per heavy atom. The summed E-state index contributed by atoms with van der Waals surface area (Å²) < 4.78 is 5.56. The van der Waals surface area contributed by atoms with E-state index in [4.69, 9.17) is 4.74 Å². The highest BCUT2D eigenvalue weighted by Crippen LogP contribution is 2.31. The first-order valence-electron chi connectivity index (χ1n) is 9.57. The van der Waals surface area contributed by atoms with Gasteiger partial charge in [-0.25, -0.2) is 0 Å². The molecule has 0 radical (unpaired) electrons. The molecule has 1 saturated heterocycles. The van der Waals surface area contributed by atoms with Crippen molar-refractivity contribution in [3.63, 3.8) is 0 Å². The molecule has 0 saturated carbocycles. The number of benzene rings is 2. The van der Waals surface area contributed by atoms with Crippen molar-refractivity contribution in [2.75, 3.05) is 26.7 Å². The number of allylic oxidation sites excluding steroid dienone is 1. The molecule has 2 aromatic rings. The summed E-state index contributed by atoms with van der Waals surface area (Å²) in [6.45, 7) is 4.64. The molecule has 3 rings (SSSR count). The van der Waals surface area contributed by atoms with Gasteiger partial charge in [0.2, 0.25) is 5.91 Å². The van der Waals surface area contributed by atoms with Crippen LogP contribution in [0.2, 0.25) is 0 Å². The van der Waals surface area contributed by atoms with Crippen LogP contribution in [0.25, 0.3) is 5.57 Å². The zero-order chi connectivity index (χ0) is 19.1. The van der Waals surface area contributed by atoms with Crippen LogP contribution in [0, 0.1) is 0 Å². The lowest BCUT2D eigenvalue weighted by atomic mass is 10.0. The Labute approximate surface area is 161 Å². The zero-order valence-corrected chi connectivity index (χ0v) is 16.2. The first kappa shape index (κ1) is 19.2. The number of rotatable bonds is 7. The summed E-state index contributed by atoms with van der Waals surface area (Å²) in [5.74, 6) is 0.815. The van der Waals surface area contributed by atoms with E-state index in [1.165, 1.54) is 12.8 Å². The standard InChI is InChI=1S/C23H28N2O2/c1-18(19-10-4-3-5-11-19)16-23(26)24-17-21(25-14-8-9-15-25)20-12-6-7-13-22(20)27-2/h3-7,10-13,16,21H,8-9,14-15,17H2,1-2H3,(H,24,26)/b18-16+. The van der Waals surface area contributed by atoms with Gasteiger partial charge in [0.05, 0.1) is 13.2 Å². The molecule has 1 N–H and O–H groups in total. The highest BCUT2D eigenvalue weighted by Gasteiger charge is 2.26. The average Bonchev–Trinajstić information content (AvgIpc) is 3.23. The van der Waals surface area contributed by atoms with Gasteiger partial charge in [-0.05, 0) is 50.1 Å². The molecule has 0 aromatic heterocycles. The minimum absolute atomic E-state index is 0.0598. The first-order valence-corrected chi connectivity index (χ1v) is 9.57. The van der Waals surface area contributed by atoms with E-state index in [1.807, 2.05) is 55.5 Å². The van der Waals surface area contributed by atoms with E-state index in [1.54, 1.807) is 13.2 Å². The highest BCUT2D eigenvalue weighted by atomic mass is 16.5. The Hall–Kier alpha value is -2.59. The fourth-order valence-corrected chi connectivity index (χ4v) is 3.66. The molecule has 27 heavy (non-hydrogen) atoms. The van der Waals surface area contributed by atoms with Crippen LogP contribution >= 0.6 is 0 Å². The van der Waals surface area contributed by atoms with Gasteiger partial charge < -0.3 is 10.1 Å². The van der Waals surface area contributed by atoms with Crippen LogP contribution in [0.15, 0.2) is 60.7 Å². The van der Waals surface area contributed by atoms with E-state index in [2.05, 4.69) is 16.3 Å². The highest BCUT2D eigenvalue weighted by molar-refractivity contribution is 5.94. The lowest BCUT2D eigenvalue weighted by molar-refractivity contribution is -0.116. The number of para-hydroxylation sites is 1. The smallest absolute Gasteiger partial charge is 0.244 e. The molecule has 1 atom stereocenters. The van der Waals surface area contributed by atoms with Gasteiger partial charge in [0.25, 0.3) is 0 Å². The molecule has 1 fully saturated rings. The lowest BCUT2D eigenvalue weighted by Crippen LogP contribution is -2.36. The number of likely N-dealkylation sites (tertiary alicyclic amines) is 1. The first-order chi connectivity index (χ1) is 13.2. The quantitative estimate of drug-likeness (QED) is 0.754. The van der Waals surface area contributed by atoms with Crippen molar-refractivity contribution in [2.24, 2.45) is 0 Å². The Morgan fingerprint density at radius 1 is 1.11 bits per heavy atom. The minimum atomic E-state index is -0.0598. The van der Waals surface area contributed by atoms with Crippen molar-refractivity contribution >= 4 is 11.5 Å². The summed E-state index contributed by atoms with van der Waals surface area (Å²) >= 11 is 0. The van der Waals surface area contributed by atoms with Crippen LogP contribution in [0.1, 0.15) is 36.9 Å². The van der Waals surface area contributed by atoms with Crippen molar-refractivity contribution in [3.8, 4) is 5.75 Å². The SMILES string of the molecule is COc1ccccc1C(CNC(=O)/C=C(\C)c1ccccc1)N1CCCC1. The number of ether oxygens (including phenoxy) is 1. The van der Waals surface area contributed by atoms with E-state index in [0.29, 0.717) is 6.54 Å². The summed E-state index contributed by atoms with van der Waals surface area (Å²) in [6.07, 6.45) is 4.08. The van der Waals surface area contributed by atoms with Crippen LogP contribution in [0.4, 0.5) is 0 Å². The van der Waals surface area contributed by atoms with Gasteiger partial charge in [0.1, 0.15) is 5.75 Å². The van der Waals surface area contributed by atoms with Crippen LogP contribution < -0.4 is 10.1 Å². The van der Waals surface area contributed by atoms with Crippen molar-refractivity contribution in [1.29, 1.82) is 0 Å². The molecule has 1 heterocycles. The summed E-state index contributed by atoms with van der Waals surface area (Å²) in [6, 6.07) is 18.2. The molecule has 0 aliphatic carbocycles. The Kier molecular flexibility index (Phi) is 6.66. The number of amides is 1. The van der Waals surface area contributed by atoms with E-state index >= 15 is 0 Å². The molecule has 4 heteroatoms. The average molecular weight is 364 g/mol. The third kappa shape index (κ3) is 4.98. The van der Waals surface area contributed by atoms with Gasteiger partial charge in [-0.1, -0.05) is 48.5 Å². The number of nitrogens with one attached hydrogen (secondary N) is 1. The predicted octanol–water partition coefficient (Wildman–Crippen LogP) is 4.05. The van der Waals surface area contributed by atoms with Crippen molar-refractivity contribution < 1.29 is 9.53 Å². The summed E-state index contributed by atoms with van der Waals surface area (Å²) in [5, 5.41) is 3.10. The van der Waals surface area contributed by atoms with E-state index in [9.17, 15) is 4.79 Å². The summed E-state index contributed by atoms with van der Waals surface area (Å²) in [4.78, 5) is 14.9. The number of carbonyl (C=O) groups excluding carboxylic acids is 1. The molecule has 4 nitrogen and oxygen atoms in total. The van der Waals surface area contributed by atoms with Crippen LogP contribution in [0.5, 0.6) is 5.75 Å². The molecule has 142 valence electrons. The topological polar surface area (TPSA) is 41.6 Å². The molecular weight excluding hydrogens is 336 g/mol. The second-order valence-corrected chi connectivity index (χ2v) is 6.94. The number of hydrogen-bond donors (Lipinski definition) is 1. The van der Waals surface area contributed by atoms with E-state index in [0.717, 1.165) is 35.5 Å². The largest absolute Gasteiger partial charge is 0.496 e. The maximum atomic E-state index is 12.5. The van der Waals surface area contributed by atoms with Gasteiger partial charge in [-0.3, -0.25) is 9.69 Å². The van der Waals surface area contributed by atoms with Gasteiger partial charge in [0, 0.05) is 18.2 Å². The third-order valence-electron chi connectivity index (χ3n) is 5.13. The minimum Gasteiger partial charge on any atom is -0.496 e. The van der Waals surface area contributed by atoms with Gasteiger partial charge in [-0.2, -0.15) is 0 Å². The second kappa shape index (κ2) is 9.38. The lowest BCUT2D eigenvalue weighted by Gasteiger charge is -2.29. The molecule has 1 aliphatic rings. The Balaban J connectivity index is 1.72. The maximum absolute atomic E-state index is 12.5. The summed E-state index contributed by atoms with van der Waals surface area (Å²) in [7, 11) is 1.70. The van der Waals surface area contributed by atoms with Gasteiger partial charge in [-0.15, -0.1) is 0 Å². The van der Waals surface area contributed by atoms with E-state index in [-0.39, 0.29) is 11.9 Å². The molecule has 1 aliphatic heterocycles. The monoisotopic (exact) mass is 364 g/mol. The maximum Gasteiger partial charge on any atom is 0.244 e. The number of methoxy groups -OCH3 is 1. The molecule has 2 aromatic carbocycles. The fourth-order valence-electron chi connectivity index (χ4n) is 3.66. The fraction of sp³-hybridized carbons (Fsp3) is 0.348. The van der Waals surface area contributed by atoms with Crippen molar-refractivity contribution in [1.82, 2.24) is 10.2 Å².